The summed E-state index contributed by atoms with van der Waals surface area (Å²) in [4.78, 5) is 13.8. The van der Waals surface area contributed by atoms with Gasteiger partial charge in [0, 0.05) is 6.04 Å². The van der Waals surface area contributed by atoms with Gasteiger partial charge < -0.3 is 14.1 Å². The second-order valence-corrected chi connectivity index (χ2v) is 4.18. The van der Waals surface area contributed by atoms with Gasteiger partial charge in [-0.05, 0) is 45.0 Å². The number of carbonyl (C=O) groups excluding carboxylic acids is 1. The van der Waals surface area contributed by atoms with Crippen LogP contribution in [0.4, 0.5) is 0 Å². The van der Waals surface area contributed by atoms with E-state index in [1.54, 1.807) is 12.1 Å². The zero-order valence-electron chi connectivity index (χ0n) is 9.52. The fourth-order valence-electron chi connectivity index (χ4n) is 2.10. The third-order valence-corrected chi connectivity index (χ3v) is 3.08. The van der Waals surface area contributed by atoms with Crippen LogP contribution in [0.1, 0.15) is 29.8 Å². The first-order valence-corrected chi connectivity index (χ1v) is 5.68. The monoisotopic (exact) mass is 223 g/mol. The maximum Gasteiger partial charge on any atom is 0.374 e. The van der Waals surface area contributed by atoms with Gasteiger partial charge >= 0.3 is 5.97 Å². The first kappa shape index (κ1) is 11.2. The third kappa shape index (κ3) is 2.64. The number of esters is 1. The van der Waals surface area contributed by atoms with E-state index < -0.39 is 0 Å². The normalized spacial score (nSPS) is 21.2. The van der Waals surface area contributed by atoms with E-state index in [0.717, 1.165) is 13.0 Å². The lowest BCUT2D eigenvalue weighted by molar-refractivity contribution is 0.0440. The Morgan fingerprint density at radius 1 is 1.69 bits per heavy atom. The Morgan fingerprint density at radius 2 is 2.56 bits per heavy atom. The highest BCUT2D eigenvalue weighted by Gasteiger charge is 2.21. The minimum Gasteiger partial charge on any atom is -0.460 e. The second kappa shape index (κ2) is 5.16. The highest BCUT2D eigenvalue weighted by atomic mass is 16.5. The van der Waals surface area contributed by atoms with Crippen LogP contribution in [0, 0.1) is 0 Å². The number of furan rings is 1. The molecule has 1 aromatic heterocycles. The molecule has 2 rings (SSSR count). The molecule has 0 N–H and O–H groups in total. The van der Waals surface area contributed by atoms with Crippen molar-refractivity contribution in [1.29, 1.82) is 0 Å². The fourth-order valence-corrected chi connectivity index (χ4v) is 2.10. The Morgan fingerprint density at radius 3 is 3.19 bits per heavy atom. The molecule has 1 aromatic rings. The van der Waals surface area contributed by atoms with Gasteiger partial charge in [-0.2, -0.15) is 0 Å². The number of hydrogen-bond donors (Lipinski definition) is 0. The van der Waals surface area contributed by atoms with Crippen molar-refractivity contribution < 1.29 is 13.9 Å². The van der Waals surface area contributed by atoms with E-state index in [0.29, 0.717) is 12.6 Å². The van der Waals surface area contributed by atoms with E-state index in [4.69, 9.17) is 9.15 Å². The second-order valence-electron chi connectivity index (χ2n) is 4.18. The summed E-state index contributed by atoms with van der Waals surface area (Å²) >= 11 is 0. The quantitative estimate of drug-likeness (QED) is 0.731. The van der Waals surface area contributed by atoms with Crippen molar-refractivity contribution in [2.75, 3.05) is 20.2 Å². The van der Waals surface area contributed by atoms with Crippen LogP contribution in [0.15, 0.2) is 22.8 Å². The molecule has 0 aromatic carbocycles. The van der Waals surface area contributed by atoms with Crippen molar-refractivity contribution >= 4 is 5.97 Å². The molecule has 2 heterocycles. The van der Waals surface area contributed by atoms with Crippen molar-refractivity contribution in [3.8, 4) is 0 Å². The van der Waals surface area contributed by atoms with Gasteiger partial charge in [-0.1, -0.05) is 0 Å². The first-order valence-electron chi connectivity index (χ1n) is 5.68. The summed E-state index contributed by atoms with van der Waals surface area (Å²) in [7, 11) is 2.12. The molecule has 0 spiro atoms. The number of rotatable bonds is 4. The van der Waals surface area contributed by atoms with Crippen LogP contribution in [-0.4, -0.2) is 37.1 Å². The van der Waals surface area contributed by atoms with Gasteiger partial charge in [0.15, 0.2) is 0 Å². The van der Waals surface area contributed by atoms with Crippen molar-refractivity contribution in [3.05, 3.63) is 24.2 Å². The van der Waals surface area contributed by atoms with Gasteiger partial charge in [0.1, 0.15) is 0 Å². The Hall–Kier alpha value is -1.29. The molecule has 1 aliphatic rings. The SMILES string of the molecule is CN1CCCC1CCOC(=O)c1ccco1. The molecule has 0 aliphatic carbocycles. The summed E-state index contributed by atoms with van der Waals surface area (Å²) in [6, 6.07) is 3.86. The summed E-state index contributed by atoms with van der Waals surface area (Å²) in [5.41, 5.74) is 0. The van der Waals surface area contributed by atoms with Gasteiger partial charge in [-0.3, -0.25) is 0 Å². The molecule has 88 valence electrons. The minimum atomic E-state index is -0.370. The van der Waals surface area contributed by atoms with Crippen LogP contribution >= 0.6 is 0 Å². The van der Waals surface area contributed by atoms with Crippen LogP contribution < -0.4 is 0 Å². The highest BCUT2D eigenvalue weighted by Crippen LogP contribution is 2.17. The highest BCUT2D eigenvalue weighted by molar-refractivity contribution is 5.86. The topological polar surface area (TPSA) is 42.7 Å². The minimum absolute atomic E-state index is 0.278. The summed E-state index contributed by atoms with van der Waals surface area (Å²) in [6.45, 7) is 1.62. The van der Waals surface area contributed by atoms with E-state index in [1.807, 2.05) is 0 Å². The van der Waals surface area contributed by atoms with E-state index in [2.05, 4.69) is 11.9 Å². The van der Waals surface area contributed by atoms with Crippen LogP contribution in [0.25, 0.3) is 0 Å². The van der Waals surface area contributed by atoms with Crippen LogP contribution in [0.5, 0.6) is 0 Å². The number of likely N-dealkylation sites (tertiary alicyclic amines) is 1. The third-order valence-electron chi connectivity index (χ3n) is 3.08. The molecule has 1 atom stereocenters. The largest absolute Gasteiger partial charge is 0.460 e. The Labute approximate surface area is 95.2 Å². The summed E-state index contributed by atoms with van der Waals surface area (Å²) in [6.07, 6.45) is 4.83. The zero-order chi connectivity index (χ0) is 11.4. The van der Waals surface area contributed by atoms with Gasteiger partial charge in [-0.25, -0.2) is 4.79 Å². The fraction of sp³-hybridized carbons (Fsp3) is 0.583. The van der Waals surface area contributed by atoms with Crippen LogP contribution in [-0.2, 0) is 4.74 Å². The zero-order valence-corrected chi connectivity index (χ0v) is 9.52. The molecule has 1 saturated heterocycles. The molecule has 4 heteroatoms. The summed E-state index contributed by atoms with van der Waals surface area (Å²) in [5.74, 6) is -0.0922. The average Bonchev–Trinajstić information content (AvgIpc) is 2.90. The molecule has 1 aliphatic heterocycles. The van der Waals surface area contributed by atoms with Gasteiger partial charge in [-0.15, -0.1) is 0 Å². The molecule has 0 saturated carbocycles. The van der Waals surface area contributed by atoms with Crippen molar-refractivity contribution in [3.63, 3.8) is 0 Å². The Balaban J connectivity index is 1.70. The Kier molecular flexibility index (Phi) is 3.62. The first-order chi connectivity index (χ1) is 7.77. The van der Waals surface area contributed by atoms with Crippen molar-refractivity contribution in [1.82, 2.24) is 4.90 Å². The van der Waals surface area contributed by atoms with Crippen molar-refractivity contribution in [2.45, 2.75) is 25.3 Å². The Bertz CT molecular complexity index is 334. The molecule has 16 heavy (non-hydrogen) atoms. The number of nitrogens with zero attached hydrogens (tertiary/aromatic N) is 1. The number of carbonyl (C=O) groups is 1. The molecule has 4 nitrogen and oxygen atoms in total. The molecular weight excluding hydrogens is 206 g/mol. The summed E-state index contributed by atoms with van der Waals surface area (Å²) < 4.78 is 10.1. The smallest absolute Gasteiger partial charge is 0.374 e. The maximum absolute atomic E-state index is 11.4. The average molecular weight is 223 g/mol. The van der Waals surface area contributed by atoms with Crippen molar-refractivity contribution in [2.24, 2.45) is 0 Å². The predicted octanol–water partition coefficient (Wildman–Crippen LogP) is 1.92. The van der Waals surface area contributed by atoms with Gasteiger partial charge in [0.25, 0.3) is 0 Å². The number of hydrogen-bond acceptors (Lipinski definition) is 4. The van der Waals surface area contributed by atoms with E-state index in [1.165, 1.54) is 19.1 Å². The lowest BCUT2D eigenvalue weighted by atomic mass is 10.1. The van der Waals surface area contributed by atoms with Crippen LogP contribution in [0.3, 0.4) is 0 Å². The molecule has 1 unspecified atom stereocenters. The molecule has 1 fully saturated rings. The standard InChI is InChI=1S/C12H17NO3/c1-13-7-2-4-10(13)6-9-16-12(14)11-5-3-8-15-11/h3,5,8,10H,2,4,6-7,9H2,1H3. The number of ether oxygens (including phenoxy) is 1. The van der Waals surface area contributed by atoms with Crippen LogP contribution in [0.2, 0.25) is 0 Å². The van der Waals surface area contributed by atoms with E-state index in [-0.39, 0.29) is 11.7 Å². The maximum atomic E-state index is 11.4. The molecule has 0 amide bonds. The predicted molar refractivity (Wildman–Crippen MR) is 59.3 cm³/mol. The van der Waals surface area contributed by atoms with Gasteiger partial charge in [0.2, 0.25) is 5.76 Å². The lowest BCUT2D eigenvalue weighted by Gasteiger charge is -2.18. The lowest BCUT2D eigenvalue weighted by Crippen LogP contribution is -2.26. The van der Waals surface area contributed by atoms with E-state index >= 15 is 0 Å². The summed E-state index contributed by atoms with van der Waals surface area (Å²) in [5, 5.41) is 0. The van der Waals surface area contributed by atoms with E-state index in [9.17, 15) is 4.79 Å². The molecular formula is C12H17NO3. The van der Waals surface area contributed by atoms with Gasteiger partial charge in [0.05, 0.1) is 12.9 Å². The molecule has 0 radical (unpaired) electrons. The molecule has 0 bridgehead atoms.